The standard InChI is InChI=1S/C14H18N2S/c15-7-11-5-6-16(8-11)9-12-10-17-14-4-2-1-3-13(12)14/h1-4,10-11H,5-9,15H2. The first kappa shape index (κ1) is 11.2. The molecule has 0 spiro atoms. The van der Waals surface area contributed by atoms with Gasteiger partial charge in [0.05, 0.1) is 0 Å². The van der Waals surface area contributed by atoms with Gasteiger partial charge in [-0.15, -0.1) is 11.3 Å². The molecule has 1 aliphatic rings. The lowest BCUT2D eigenvalue weighted by Crippen LogP contribution is -2.22. The van der Waals surface area contributed by atoms with Crippen LogP contribution in [-0.2, 0) is 6.54 Å². The molecule has 2 heterocycles. The van der Waals surface area contributed by atoms with Crippen LogP contribution in [0, 0.1) is 5.92 Å². The Labute approximate surface area is 106 Å². The molecule has 1 fully saturated rings. The van der Waals surface area contributed by atoms with Crippen molar-refractivity contribution in [2.24, 2.45) is 11.7 Å². The molecule has 1 aromatic heterocycles. The molecular weight excluding hydrogens is 228 g/mol. The van der Waals surface area contributed by atoms with Gasteiger partial charge in [-0.2, -0.15) is 0 Å². The van der Waals surface area contributed by atoms with Crippen LogP contribution in [0.3, 0.4) is 0 Å². The first-order chi connectivity index (χ1) is 8.36. The molecule has 1 aromatic carbocycles. The Hall–Kier alpha value is -0.900. The van der Waals surface area contributed by atoms with Gasteiger partial charge in [0.2, 0.25) is 0 Å². The van der Waals surface area contributed by atoms with E-state index in [-0.39, 0.29) is 0 Å². The molecule has 1 atom stereocenters. The van der Waals surface area contributed by atoms with Gasteiger partial charge in [-0.3, -0.25) is 4.90 Å². The van der Waals surface area contributed by atoms with Gasteiger partial charge in [-0.25, -0.2) is 0 Å². The van der Waals surface area contributed by atoms with Crippen molar-refractivity contribution in [3.8, 4) is 0 Å². The number of likely N-dealkylation sites (tertiary alicyclic amines) is 1. The van der Waals surface area contributed by atoms with Crippen LogP contribution in [0.4, 0.5) is 0 Å². The second-order valence-electron chi connectivity index (χ2n) is 4.88. The van der Waals surface area contributed by atoms with E-state index in [1.165, 1.54) is 35.2 Å². The monoisotopic (exact) mass is 246 g/mol. The summed E-state index contributed by atoms with van der Waals surface area (Å²) in [6.45, 7) is 4.29. The number of rotatable bonds is 3. The van der Waals surface area contributed by atoms with E-state index in [2.05, 4.69) is 34.5 Å². The summed E-state index contributed by atoms with van der Waals surface area (Å²) in [4.78, 5) is 2.53. The summed E-state index contributed by atoms with van der Waals surface area (Å²) < 4.78 is 1.40. The van der Waals surface area contributed by atoms with Crippen molar-refractivity contribution in [1.82, 2.24) is 4.90 Å². The van der Waals surface area contributed by atoms with Gasteiger partial charge >= 0.3 is 0 Å². The van der Waals surface area contributed by atoms with Crippen molar-refractivity contribution in [2.75, 3.05) is 19.6 Å². The predicted molar refractivity (Wildman–Crippen MR) is 74.3 cm³/mol. The molecule has 2 nitrogen and oxygen atoms in total. The average Bonchev–Trinajstić information content (AvgIpc) is 2.97. The number of fused-ring (bicyclic) bond motifs is 1. The largest absolute Gasteiger partial charge is 0.330 e. The van der Waals surface area contributed by atoms with E-state index < -0.39 is 0 Å². The van der Waals surface area contributed by atoms with Crippen molar-refractivity contribution < 1.29 is 0 Å². The van der Waals surface area contributed by atoms with E-state index in [0.29, 0.717) is 5.92 Å². The average molecular weight is 246 g/mol. The number of benzene rings is 1. The van der Waals surface area contributed by atoms with E-state index in [1.54, 1.807) is 0 Å². The fourth-order valence-electron chi connectivity index (χ4n) is 2.64. The number of hydrogen-bond donors (Lipinski definition) is 1. The van der Waals surface area contributed by atoms with Gasteiger partial charge < -0.3 is 5.73 Å². The molecular formula is C14H18N2S. The Morgan fingerprint density at radius 1 is 1.35 bits per heavy atom. The van der Waals surface area contributed by atoms with Gasteiger partial charge in [0.1, 0.15) is 0 Å². The molecule has 0 bridgehead atoms. The maximum atomic E-state index is 5.74. The third-order valence-electron chi connectivity index (χ3n) is 3.66. The van der Waals surface area contributed by atoms with Crippen LogP contribution >= 0.6 is 11.3 Å². The lowest BCUT2D eigenvalue weighted by atomic mass is 10.1. The predicted octanol–water partition coefficient (Wildman–Crippen LogP) is 2.68. The van der Waals surface area contributed by atoms with Crippen LogP contribution in [0.25, 0.3) is 10.1 Å². The molecule has 3 rings (SSSR count). The molecule has 3 heteroatoms. The molecule has 0 aliphatic carbocycles. The highest BCUT2D eigenvalue weighted by molar-refractivity contribution is 7.17. The SMILES string of the molecule is NCC1CCN(Cc2csc3ccccc23)C1. The van der Waals surface area contributed by atoms with E-state index >= 15 is 0 Å². The minimum atomic E-state index is 0.708. The number of nitrogens with two attached hydrogens (primary N) is 1. The van der Waals surface area contributed by atoms with Crippen molar-refractivity contribution in [3.05, 3.63) is 35.2 Å². The normalized spacial score (nSPS) is 21.4. The fourth-order valence-corrected chi connectivity index (χ4v) is 3.60. The second kappa shape index (κ2) is 4.77. The van der Waals surface area contributed by atoms with Crippen molar-refractivity contribution in [3.63, 3.8) is 0 Å². The molecule has 17 heavy (non-hydrogen) atoms. The number of hydrogen-bond acceptors (Lipinski definition) is 3. The smallest absolute Gasteiger partial charge is 0.0346 e. The molecule has 1 unspecified atom stereocenters. The molecule has 90 valence electrons. The minimum absolute atomic E-state index is 0.708. The van der Waals surface area contributed by atoms with Crippen LogP contribution < -0.4 is 5.73 Å². The highest BCUT2D eigenvalue weighted by Crippen LogP contribution is 2.28. The van der Waals surface area contributed by atoms with Crippen LogP contribution in [0.2, 0.25) is 0 Å². The molecule has 2 N–H and O–H groups in total. The highest BCUT2D eigenvalue weighted by Gasteiger charge is 2.21. The summed E-state index contributed by atoms with van der Waals surface area (Å²) >= 11 is 1.85. The van der Waals surface area contributed by atoms with Crippen LogP contribution in [-0.4, -0.2) is 24.5 Å². The zero-order chi connectivity index (χ0) is 11.7. The van der Waals surface area contributed by atoms with Crippen LogP contribution in [0.5, 0.6) is 0 Å². The Morgan fingerprint density at radius 2 is 2.24 bits per heavy atom. The summed E-state index contributed by atoms with van der Waals surface area (Å²) in [5.41, 5.74) is 7.21. The maximum Gasteiger partial charge on any atom is 0.0346 e. The van der Waals surface area contributed by atoms with Gasteiger partial charge in [-0.1, -0.05) is 18.2 Å². The van der Waals surface area contributed by atoms with E-state index in [0.717, 1.165) is 13.1 Å². The maximum absolute atomic E-state index is 5.74. The summed E-state index contributed by atoms with van der Waals surface area (Å²) in [5.74, 6) is 0.708. The van der Waals surface area contributed by atoms with Gasteiger partial charge in [0.25, 0.3) is 0 Å². The Bertz CT molecular complexity index is 506. The minimum Gasteiger partial charge on any atom is -0.330 e. The topological polar surface area (TPSA) is 29.3 Å². The number of nitrogens with zero attached hydrogens (tertiary/aromatic N) is 1. The third kappa shape index (κ3) is 2.23. The lowest BCUT2D eigenvalue weighted by molar-refractivity contribution is 0.319. The Balaban J connectivity index is 1.77. The lowest BCUT2D eigenvalue weighted by Gasteiger charge is -2.15. The Morgan fingerprint density at radius 3 is 3.06 bits per heavy atom. The van der Waals surface area contributed by atoms with Gasteiger partial charge in [0.15, 0.2) is 0 Å². The number of thiophene rings is 1. The first-order valence-electron chi connectivity index (χ1n) is 6.24. The van der Waals surface area contributed by atoms with Gasteiger partial charge in [-0.05, 0) is 47.8 Å². The summed E-state index contributed by atoms with van der Waals surface area (Å²) in [5, 5.41) is 3.73. The summed E-state index contributed by atoms with van der Waals surface area (Å²) in [6.07, 6.45) is 1.26. The van der Waals surface area contributed by atoms with Crippen molar-refractivity contribution in [2.45, 2.75) is 13.0 Å². The first-order valence-corrected chi connectivity index (χ1v) is 7.12. The van der Waals surface area contributed by atoms with Crippen LogP contribution in [0.1, 0.15) is 12.0 Å². The van der Waals surface area contributed by atoms with Gasteiger partial charge in [0, 0.05) is 17.8 Å². The Kier molecular flexibility index (Phi) is 3.14. The summed E-state index contributed by atoms with van der Waals surface area (Å²) in [7, 11) is 0. The molecule has 0 saturated carbocycles. The molecule has 1 saturated heterocycles. The highest BCUT2D eigenvalue weighted by atomic mass is 32.1. The zero-order valence-electron chi connectivity index (χ0n) is 9.93. The molecule has 0 radical (unpaired) electrons. The molecule has 0 amide bonds. The quantitative estimate of drug-likeness (QED) is 0.902. The van der Waals surface area contributed by atoms with E-state index in [4.69, 9.17) is 5.73 Å². The third-order valence-corrected chi connectivity index (χ3v) is 4.67. The fraction of sp³-hybridized carbons (Fsp3) is 0.429. The molecule has 2 aromatic rings. The van der Waals surface area contributed by atoms with Crippen LogP contribution in [0.15, 0.2) is 29.6 Å². The second-order valence-corrected chi connectivity index (χ2v) is 5.79. The summed E-state index contributed by atoms with van der Waals surface area (Å²) in [6, 6.07) is 8.68. The van der Waals surface area contributed by atoms with E-state index in [1.807, 2.05) is 11.3 Å². The van der Waals surface area contributed by atoms with Crippen molar-refractivity contribution >= 4 is 21.4 Å². The molecule has 1 aliphatic heterocycles. The van der Waals surface area contributed by atoms with E-state index in [9.17, 15) is 0 Å². The zero-order valence-corrected chi connectivity index (χ0v) is 10.7. The van der Waals surface area contributed by atoms with Crippen molar-refractivity contribution in [1.29, 1.82) is 0 Å².